The third-order valence-corrected chi connectivity index (χ3v) is 1.36. The van der Waals surface area contributed by atoms with Crippen LogP contribution in [0.25, 0.3) is 0 Å². The molecule has 1 saturated heterocycles. The first-order valence-corrected chi connectivity index (χ1v) is 2.54. The summed E-state index contributed by atoms with van der Waals surface area (Å²) in [6.07, 6.45) is 0.549. The Hall–Kier alpha value is 0.0534. The molecule has 1 aliphatic heterocycles. The minimum Gasteiger partial charge on any atom is -0.370 e. The van der Waals surface area contributed by atoms with Gasteiger partial charge in [0.2, 0.25) is 5.91 Å². The van der Waals surface area contributed by atoms with Gasteiger partial charge in [-0.3, -0.25) is 4.79 Å². The summed E-state index contributed by atoms with van der Waals surface area (Å²) in [5, 5.41) is 3.36. The maximum atomic E-state index is 10.6. The summed E-state index contributed by atoms with van der Waals surface area (Å²) in [6.45, 7) is 1.85. The van der Waals surface area contributed by atoms with Crippen LogP contribution in [-0.4, -0.2) is 30.0 Å². The Bertz CT molecular complexity index is 118. The average Bonchev–Trinajstić information content (AvgIpc) is 1.98. The first kappa shape index (κ1) is 9.05. The van der Waals surface area contributed by atoms with E-state index in [-0.39, 0.29) is 25.4 Å². The van der Waals surface area contributed by atoms with Crippen molar-refractivity contribution in [2.45, 2.75) is 6.42 Å². The normalized spacial score (nSPS) is 20.2. The predicted molar refractivity (Wildman–Crippen MR) is 29.4 cm³/mol. The summed E-state index contributed by atoms with van der Waals surface area (Å²) in [5.41, 5.74) is 0. The summed E-state index contributed by atoms with van der Waals surface area (Å²) in [7, 11) is 3.61. The summed E-state index contributed by atoms with van der Waals surface area (Å²) in [6, 6.07) is 0. The van der Waals surface area contributed by atoms with Crippen molar-refractivity contribution in [3.8, 4) is 0 Å². The topological polar surface area (TPSA) is 23.6 Å². The van der Waals surface area contributed by atoms with Gasteiger partial charge in [0.15, 0.2) is 0 Å². The molecule has 1 aliphatic rings. The molecule has 0 bridgehead atoms. The minimum atomic E-state index is 0. The van der Waals surface area contributed by atoms with E-state index in [1.54, 1.807) is 17.1 Å². The molecule has 1 heterocycles. The first-order chi connectivity index (χ1) is 3.72. The van der Waals surface area contributed by atoms with E-state index in [9.17, 15) is 4.79 Å². The van der Waals surface area contributed by atoms with Crippen LogP contribution in [0.3, 0.4) is 0 Å². The zero-order valence-electron chi connectivity index (χ0n) is 5.42. The zero-order chi connectivity index (χ0) is 6.15. The quantitative estimate of drug-likeness (QED) is 0.415. The van der Waals surface area contributed by atoms with Gasteiger partial charge < -0.3 is 10.0 Å². The second kappa shape index (κ2) is 3.28. The molecule has 0 N–H and O–H groups in total. The molecule has 1 fully saturated rings. The molecule has 0 atom stereocenters. The summed E-state index contributed by atoms with van der Waals surface area (Å²) in [5.74, 6) is 0.160. The van der Waals surface area contributed by atoms with Crippen molar-refractivity contribution in [1.29, 1.82) is 0 Å². The molecule has 1 rings (SSSR count). The number of rotatable bonds is 0. The number of nitrogens with zero attached hydrogens (tertiary/aromatic N) is 2. The molecule has 55 valence electrons. The number of carbonyl (C=O) groups excluding carboxylic acids is 1. The first-order valence-electron chi connectivity index (χ1n) is 2.54. The Kier molecular flexibility index (Phi) is 3.30. The SMILES string of the molecule is CN1[CH-]CC(=O)N1C.[Rh]. The fraction of sp³-hybridized carbons (Fsp3) is 0.600. The molecule has 0 aromatic heterocycles. The molecule has 3 nitrogen and oxygen atoms in total. The van der Waals surface area contributed by atoms with Crippen LogP contribution in [0.1, 0.15) is 6.42 Å². The third kappa shape index (κ3) is 1.73. The molecule has 0 saturated carbocycles. The van der Waals surface area contributed by atoms with E-state index in [4.69, 9.17) is 0 Å². The Morgan fingerprint density at radius 1 is 1.56 bits per heavy atom. The van der Waals surface area contributed by atoms with Gasteiger partial charge in [-0.25, -0.2) is 6.54 Å². The van der Waals surface area contributed by atoms with Crippen LogP contribution in [-0.2, 0) is 24.3 Å². The van der Waals surface area contributed by atoms with Crippen molar-refractivity contribution in [1.82, 2.24) is 10.0 Å². The van der Waals surface area contributed by atoms with Crippen LogP contribution >= 0.6 is 0 Å². The van der Waals surface area contributed by atoms with E-state index in [0.29, 0.717) is 6.42 Å². The second-order valence-corrected chi connectivity index (χ2v) is 1.88. The van der Waals surface area contributed by atoms with E-state index in [1.807, 2.05) is 13.6 Å². The average molecular weight is 216 g/mol. The van der Waals surface area contributed by atoms with Crippen LogP contribution in [0.2, 0.25) is 0 Å². The third-order valence-electron chi connectivity index (χ3n) is 1.36. The van der Waals surface area contributed by atoms with E-state index in [2.05, 4.69) is 0 Å². The van der Waals surface area contributed by atoms with Crippen molar-refractivity contribution in [2.24, 2.45) is 0 Å². The fourth-order valence-corrected chi connectivity index (χ4v) is 0.641. The standard InChI is InChI=1S/C5H9N2O.Rh/c1-6-4-3-5(8)7(6)2;/h4H,3H2,1-2H3;/q-1;. The van der Waals surface area contributed by atoms with Crippen molar-refractivity contribution in [3.63, 3.8) is 0 Å². The number of carbonyl (C=O) groups is 1. The molecule has 0 spiro atoms. The Morgan fingerprint density at radius 2 is 2.11 bits per heavy atom. The number of hydrogen-bond acceptors (Lipinski definition) is 2. The molecule has 9 heavy (non-hydrogen) atoms. The second-order valence-electron chi connectivity index (χ2n) is 1.88. The van der Waals surface area contributed by atoms with Gasteiger partial charge in [-0.2, -0.15) is 0 Å². The van der Waals surface area contributed by atoms with Gasteiger partial charge in [-0.15, -0.1) is 0 Å². The van der Waals surface area contributed by atoms with Gasteiger partial charge in [0.25, 0.3) is 0 Å². The Morgan fingerprint density at radius 3 is 2.22 bits per heavy atom. The maximum absolute atomic E-state index is 10.6. The van der Waals surface area contributed by atoms with Crippen molar-refractivity contribution < 1.29 is 24.3 Å². The molecular weight excluding hydrogens is 207 g/mol. The molecule has 0 unspecified atom stereocenters. The van der Waals surface area contributed by atoms with Gasteiger partial charge in [0.05, 0.1) is 0 Å². The molecule has 0 aromatic carbocycles. The van der Waals surface area contributed by atoms with Gasteiger partial charge in [0.1, 0.15) is 0 Å². The van der Waals surface area contributed by atoms with E-state index in [1.165, 1.54) is 0 Å². The molecule has 0 aromatic rings. The molecule has 1 radical (unpaired) electrons. The zero-order valence-corrected chi connectivity index (χ0v) is 7.06. The van der Waals surface area contributed by atoms with E-state index >= 15 is 0 Å². The van der Waals surface area contributed by atoms with Crippen molar-refractivity contribution >= 4 is 5.91 Å². The molecular formula is C5H9N2ORh-. The van der Waals surface area contributed by atoms with Crippen LogP contribution in [0.15, 0.2) is 0 Å². The molecule has 4 heteroatoms. The smallest absolute Gasteiger partial charge is 0.205 e. The van der Waals surface area contributed by atoms with Crippen LogP contribution < -0.4 is 0 Å². The van der Waals surface area contributed by atoms with Gasteiger partial charge in [0, 0.05) is 26.5 Å². The summed E-state index contributed by atoms with van der Waals surface area (Å²) < 4.78 is 0. The van der Waals surface area contributed by atoms with Crippen LogP contribution in [0.4, 0.5) is 0 Å². The molecule has 0 aliphatic carbocycles. The largest absolute Gasteiger partial charge is 0.370 e. The summed E-state index contributed by atoms with van der Waals surface area (Å²) in [4.78, 5) is 10.6. The van der Waals surface area contributed by atoms with Gasteiger partial charge in [-0.05, 0) is 7.05 Å². The number of amides is 1. The van der Waals surface area contributed by atoms with E-state index in [0.717, 1.165) is 0 Å². The van der Waals surface area contributed by atoms with Crippen LogP contribution in [0, 0.1) is 6.54 Å². The number of hydrogen-bond donors (Lipinski definition) is 0. The Labute approximate surface area is 67.7 Å². The van der Waals surface area contributed by atoms with E-state index < -0.39 is 0 Å². The maximum Gasteiger partial charge on any atom is 0.205 e. The molecule has 1 amide bonds. The predicted octanol–water partition coefficient (Wildman–Crippen LogP) is -0.145. The fourth-order valence-electron chi connectivity index (χ4n) is 0.641. The summed E-state index contributed by atoms with van der Waals surface area (Å²) >= 11 is 0. The van der Waals surface area contributed by atoms with Crippen molar-refractivity contribution in [3.05, 3.63) is 6.54 Å². The Balaban J connectivity index is 0.000000640. The minimum absolute atomic E-state index is 0. The van der Waals surface area contributed by atoms with Gasteiger partial charge >= 0.3 is 0 Å². The van der Waals surface area contributed by atoms with Gasteiger partial charge in [-0.1, -0.05) is 6.42 Å². The van der Waals surface area contributed by atoms with Crippen molar-refractivity contribution in [2.75, 3.05) is 14.1 Å². The monoisotopic (exact) mass is 216 g/mol. The number of hydrazine groups is 1. The van der Waals surface area contributed by atoms with Crippen LogP contribution in [0.5, 0.6) is 0 Å².